The molecule has 1 aromatic carbocycles. The highest BCUT2D eigenvalue weighted by molar-refractivity contribution is 5.33. The first-order valence-corrected chi connectivity index (χ1v) is 6.23. The third kappa shape index (κ3) is 3.01. The maximum atomic E-state index is 10.5. The molecule has 0 aliphatic heterocycles. The maximum absolute atomic E-state index is 10.5. The lowest BCUT2D eigenvalue weighted by molar-refractivity contribution is 0.0476. The lowest BCUT2D eigenvalue weighted by Gasteiger charge is -2.24. The van der Waals surface area contributed by atoms with Crippen LogP contribution in [0, 0.1) is 11.3 Å². The van der Waals surface area contributed by atoms with Crippen LogP contribution >= 0.6 is 0 Å². The molecule has 19 heavy (non-hydrogen) atoms. The molecule has 0 aliphatic carbocycles. The molecule has 0 amide bonds. The van der Waals surface area contributed by atoms with Crippen LogP contribution in [0.5, 0.6) is 0 Å². The largest absolute Gasteiger partial charge is 0.385 e. The van der Waals surface area contributed by atoms with E-state index in [1.807, 2.05) is 29.9 Å². The summed E-state index contributed by atoms with van der Waals surface area (Å²) < 4.78 is 1.81. The van der Waals surface area contributed by atoms with Crippen molar-refractivity contribution in [2.45, 2.75) is 25.4 Å². The summed E-state index contributed by atoms with van der Waals surface area (Å²) >= 11 is 0. The van der Waals surface area contributed by atoms with E-state index in [1.54, 1.807) is 25.3 Å². The molecular formula is C15H17N3O. The molecule has 2 rings (SSSR count). The van der Waals surface area contributed by atoms with Gasteiger partial charge in [-0.1, -0.05) is 12.1 Å². The highest BCUT2D eigenvalue weighted by Gasteiger charge is 2.23. The molecule has 0 bridgehead atoms. The molecule has 0 fully saturated rings. The third-order valence-electron chi connectivity index (χ3n) is 3.43. The fourth-order valence-corrected chi connectivity index (χ4v) is 2.07. The number of hydrogen-bond donors (Lipinski definition) is 1. The van der Waals surface area contributed by atoms with Crippen molar-refractivity contribution in [1.29, 1.82) is 5.26 Å². The number of benzene rings is 1. The van der Waals surface area contributed by atoms with Crippen molar-refractivity contribution in [2.75, 3.05) is 0 Å². The average Bonchev–Trinajstić information content (AvgIpc) is 2.82. The Hall–Kier alpha value is -2.12. The highest BCUT2D eigenvalue weighted by Crippen LogP contribution is 2.26. The van der Waals surface area contributed by atoms with Crippen LogP contribution in [0.1, 0.15) is 30.2 Å². The van der Waals surface area contributed by atoms with Crippen molar-refractivity contribution in [3.8, 4) is 6.07 Å². The quantitative estimate of drug-likeness (QED) is 0.910. The Kier molecular flexibility index (Phi) is 3.68. The SMILES string of the molecule is Cn1nccc1CCC(C)(O)c1ccc(C#N)cc1. The molecule has 1 aromatic heterocycles. The van der Waals surface area contributed by atoms with Gasteiger partial charge < -0.3 is 5.11 Å². The van der Waals surface area contributed by atoms with Crippen molar-refractivity contribution in [1.82, 2.24) is 9.78 Å². The molecule has 1 heterocycles. The van der Waals surface area contributed by atoms with E-state index in [9.17, 15) is 5.11 Å². The Bertz CT molecular complexity index is 591. The Labute approximate surface area is 112 Å². The Morgan fingerprint density at radius 3 is 2.53 bits per heavy atom. The zero-order chi connectivity index (χ0) is 13.9. The minimum atomic E-state index is -0.905. The first-order valence-electron chi connectivity index (χ1n) is 6.23. The summed E-state index contributed by atoms with van der Waals surface area (Å²) in [5, 5.41) is 23.4. The van der Waals surface area contributed by atoms with E-state index in [2.05, 4.69) is 11.2 Å². The van der Waals surface area contributed by atoms with Gasteiger partial charge in [0.15, 0.2) is 0 Å². The summed E-state index contributed by atoms with van der Waals surface area (Å²) in [5.74, 6) is 0. The Balaban J connectivity index is 2.09. The number of nitriles is 1. The molecule has 0 saturated carbocycles. The predicted molar refractivity (Wildman–Crippen MR) is 72.3 cm³/mol. The van der Waals surface area contributed by atoms with Crippen molar-refractivity contribution in [3.63, 3.8) is 0 Å². The summed E-state index contributed by atoms with van der Waals surface area (Å²) in [6.45, 7) is 1.80. The minimum absolute atomic E-state index is 0.603. The number of nitrogens with zero attached hydrogens (tertiary/aromatic N) is 3. The second-order valence-corrected chi connectivity index (χ2v) is 4.91. The topological polar surface area (TPSA) is 61.8 Å². The highest BCUT2D eigenvalue weighted by atomic mass is 16.3. The van der Waals surface area contributed by atoms with Crippen LogP contribution < -0.4 is 0 Å². The van der Waals surface area contributed by atoms with Gasteiger partial charge in [-0.2, -0.15) is 10.4 Å². The first kappa shape index (κ1) is 13.3. The number of hydrogen-bond acceptors (Lipinski definition) is 3. The fraction of sp³-hybridized carbons (Fsp3) is 0.333. The van der Waals surface area contributed by atoms with Gasteiger partial charge >= 0.3 is 0 Å². The molecule has 0 radical (unpaired) electrons. The van der Waals surface area contributed by atoms with E-state index in [-0.39, 0.29) is 0 Å². The lowest BCUT2D eigenvalue weighted by atomic mass is 9.90. The van der Waals surface area contributed by atoms with E-state index in [0.717, 1.165) is 17.7 Å². The van der Waals surface area contributed by atoms with Crippen LogP contribution in [-0.4, -0.2) is 14.9 Å². The van der Waals surface area contributed by atoms with Crippen molar-refractivity contribution in [2.24, 2.45) is 7.05 Å². The molecule has 1 unspecified atom stereocenters. The van der Waals surface area contributed by atoms with Gasteiger partial charge in [-0.3, -0.25) is 4.68 Å². The molecule has 1 N–H and O–H groups in total. The average molecular weight is 255 g/mol. The minimum Gasteiger partial charge on any atom is -0.385 e. The second kappa shape index (κ2) is 5.25. The van der Waals surface area contributed by atoms with E-state index in [4.69, 9.17) is 5.26 Å². The summed E-state index contributed by atoms with van der Waals surface area (Å²) in [6.07, 6.45) is 3.12. The van der Waals surface area contributed by atoms with Gasteiger partial charge in [0.2, 0.25) is 0 Å². The van der Waals surface area contributed by atoms with E-state index >= 15 is 0 Å². The van der Waals surface area contributed by atoms with E-state index in [0.29, 0.717) is 12.0 Å². The predicted octanol–water partition coefficient (Wildman–Crippen LogP) is 2.13. The van der Waals surface area contributed by atoms with Gasteiger partial charge in [-0.15, -0.1) is 0 Å². The summed E-state index contributed by atoms with van der Waals surface area (Å²) in [4.78, 5) is 0. The van der Waals surface area contributed by atoms with Gasteiger partial charge in [0.1, 0.15) is 0 Å². The zero-order valence-corrected chi connectivity index (χ0v) is 11.2. The molecule has 0 saturated heterocycles. The van der Waals surface area contributed by atoms with Crippen LogP contribution in [0.4, 0.5) is 0 Å². The summed E-state index contributed by atoms with van der Waals surface area (Å²) in [6, 6.07) is 11.1. The Morgan fingerprint density at radius 2 is 2.00 bits per heavy atom. The molecular weight excluding hydrogens is 238 g/mol. The van der Waals surface area contributed by atoms with Crippen LogP contribution in [0.2, 0.25) is 0 Å². The van der Waals surface area contributed by atoms with Crippen LogP contribution in [0.15, 0.2) is 36.5 Å². The first-order chi connectivity index (χ1) is 9.03. The lowest BCUT2D eigenvalue weighted by Crippen LogP contribution is -2.22. The number of aryl methyl sites for hydroxylation is 2. The van der Waals surface area contributed by atoms with Gasteiger partial charge in [-0.25, -0.2) is 0 Å². The van der Waals surface area contributed by atoms with Gasteiger partial charge in [0.05, 0.1) is 17.2 Å². The molecule has 0 spiro atoms. The van der Waals surface area contributed by atoms with Gasteiger partial charge in [0, 0.05) is 18.9 Å². The molecule has 98 valence electrons. The number of aliphatic hydroxyl groups is 1. The van der Waals surface area contributed by atoms with Crippen LogP contribution in [-0.2, 0) is 19.1 Å². The van der Waals surface area contributed by atoms with Gasteiger partial charge in [0.25, 0.3) is 0 Å². The van der Waals surface area contributed by atoms with Crippen molar-refractivity contribution >= 4 is 0 Å². The molecule has 1 atom stereocenters. The molecule has 4 heteroatoms. The third-order valence-corrected chi connectivity index (χ3v) is 3.43. The maximum Gasteiger partial charge on any atom is 0.0991 e. The Morgan fingerprint density at radius 1 is 1.32 bits per heavy atom. The van der Waals surface area contributed by atoms with Crippen LogP contribution in [0.25, 0.3) is 0 Å². The van der Waals surface area contributed by atoms with E-state index < -0.39 is 5.60 Å². The van der Waals surface area contributed by atoms with Crippen LogP contribution in [0.3, 0.4) is 0 Å². The normalized spacial score (nSPS) is 13.8. The molecule has 0 aliphatic rings. The van der Waals surface area contributed by atoms with Gasteiger partial charge in [-0.05, 0) is 43.5 Å². The molecule has 4 nitrogen and oxygen atoms in total. The molecule has 2 aromatic rings. The monoisotopic (exact) mass is 255 g/mol. The van der Waals surface area contributed by atoms with Crippen molar-refractivity contribution in [3.05, 3.63) is 53.3 Å². The fourth-order valence-electron chi connectivity index (χ4n) is 2.07. The second-order valence-electron chi connectivity index (χ2n) is 4.91. The summed E-state index contributed by atoms with van der Waals surface area (Å²) in [7, 11) is 1.89. The zero-order valence-electron chi connectivity index (χ0n) is 11.2. The smallest absolute Gasteiger partial charge is 0.0991 e. The van der Waals surface area contributed by atoms with E-state index in [1.165, 1.54) is 0 Å². The number of rotatable bonds is 4. The number of aromatic nitrogens is 2. The standard InChI is InChI=1S/C15H17N3O/c1-15(19,9-7-14-8-10-17-18(14)2)13-5-3-12(11-16)4-6-13/h3-6,8,10,19H,7,9H2,1-2H3. The van der Waals surface area contributed by atoms with Crippen molar-refractivity contribution < 1.29 is 5.11 Å². The summed E-state index contributed by atoms with van der Waals surface area (Å²) in [5.41, 5.74) is 1.62.